The molecule has 7 heteroatoms. The molecule has 150 valence electrons. The van der Waals surface area contributed by atoms with Crippen molar-refractivity contribution in [1.82, 2.24) is 4.57 Å². The number of hydrogen-bond donors (Lipinski definition) is 0. The van der Waals surface area contributed by atoms with E-state index in [2.05, 4.69) is 44.4 Å². The van der Waals surface area contributed by atoms with Crippen LogP contribution in [0.3, 0.4) is 0 Å². The lowest BCUT2D eigenvalue weighted by Crippen LogP contribution is -2.13. The third-order valence-corrected chi connectivity index (χ3v) is 5.35. The molecule has 30 heavy (non-hydrogen) atoms. The molecule has 5 rings (SSSR count). The number of hydrogen-bond acceptors (Lipinski definition) is 5. The maximum Gasteiger partial charge on any atom is 0.231 e. The van der Waals surface area contributed by atoms with Crippen molar-refractivity contribution >= 4 is 34.5 Å². The van der Waals surface area contributed by atoms with Crippen LogP contribution in [0, 0.1) is 0 Å². The monoisotopic (exact) mass is 479 g/mol. The van der Waals surface area contributed by atoms with Gasteiger partial charge in [0.15, 0.2) is 11.5 Å². The first-order chi connectivity index (χ1) is 14.4. The molecule has 0 spiro atoms. The minimum absolute atomic E-state index is 0. The lowest BCUT2D eigenvalue weighted by atomic mass is 10.1. The Morgan fingerprint density at radius 2 is 1.60 bits per heavy atom. The van der Waals surface area contributed by atoms with E-state index in [1.165, 1.54) is 0 Å². The van der Waals surface area contributed by atoms with Crippen molar-refractivity contribution in [2.75, 3.05) is 6.79 Å². The molecule has 0 saturated carbocycles. The van der Waals surface area contributed by atoms with Crippen molar-refractivity contribution in [1.29, 1.82) is 0 Å². The zero-order valence-electron chi connectivity index (χ0n) is 15.8. The fraction of sp³-hybridized carbons (Fsp3) is 0.0435. The molecule has 4 aromatic rings. The average Bonchev–Trinajstić information content (AvgIpc) is 3.42. The first-order valence-electron chi connectivity index (χ1n) is 9.16. The Labute approximate surface area is 188 Å². The fourth-order valence-electron chi connectivity index (χ4n) is 3.16. The van der Waals surface area contributed by atoms with Crippen LogP contribution in [0.15, 0.2) is 94.4 Å². The summed E-state index contributed by atoms with van der Waals surface area (Å²) in [7, 11) is 0. The van der Waals surface area contributed by atoms with Gasteiger partial charge in [-0.2, -0.15) is 5.10 Å². The van der Waals surface area contributed by atoms with Crippen LogP contribution in [-0.4, -0.2) is 17.6 Å². The molecular weight excluding hydrogens is 462 g/mol. The zero-order valence-corrected chi connectivity index (χ0v) is 18.4. The molecule has 0 bridgehead atoms. The van der Waals surface area contributed by atoms with Crippen LogP contribution in [0.25, 0.3) is 16.9 Å². The molecule has 0 N–H and O–H groups in total. The van der Waals surface area contributed by atoms with Crippen LogP contribution in [0.4, 0.5) is 0 Å². The Balaban J connectivity index is 0.00000218. The number of para-hydroxylation sites is 1. The van der Waals surface area contributed by atoms with Crippen molar-refractivity contribution in [2.24, 2.45) is 10.2 Å². The summed E-state index contributed by atoms with van der Waals surface area (Å²) in [6, 6.07) is 26.2. The molecule has 2 heterocycles. The van der Waals surface area contributed by atoms with Gasteiger partial charge in [-0.05, 0) is 41.5 Å². The number of fused-ring (bicyclic) bond motifs is 1. The van der Waals surface area contributed by atoms with Gasteiger partial charge < -0.3 is 9.47 Å². The highest BCUT2D eigenvalue weighted by molar-refractivity contribution is 8.93. The molecule has 0 radical (unpaired) electrons. The molecule has 1 aromatic heterocycles. The molecule has 0 aliphatic carbocycles. The first kappa shape index (κ1) is 20.1. The summed E-state index contributed by atoms with van der Waals surface area (Å²) < 4.78 is 12.9. The van der Waals surface area contributed by atoms with E-state index >= 15 is 0 Å². The van der Waals surface area contributed by atoms with Crippen LogP contribution in [0.5, 0.6) is 11.5 Å². The van der Waals surface area contributed by atoms with Crippen molar-refractivity contribution < 1.29 is 9.47 Å². The first-order valence-corrected chi connectivity index (χ1v) is 10.0. The lowest BCUT2D eigenvalue weighted by Gasteiger charge is -2.08. The Kier molecular flexibility index (Phi) is 6.11. The average molecular weight is 480 g/mol. The van der Waals surface area contributed by atoms with Crippen LogP contribution in [0.2, 0.25) is 0 Å². The quantitative estimate of drug-likeness (QED) is 0.288. The normalized spacial score (nSPS) is 12.9. The summed E-state index contributed by atoms with van der Waals surface area (Å²) in [5.41, 5.74) is 4.17. The highest BCUT2D eigenvalue weighted by atomic mass is 79.9. The van der Waals surface area contributed by atoms with Crippen molar-refractivity contribution in [2.45, 2.75) is 0 Å². The van der Waals surface area contributed by atoms with Crippen LogP contribution < -0.4 is 14.3 Å². The number of halogens is 1. The summed E-state index contributed by atoms with van der Waals surface area (Å²) in [6.07, 6.45) is 1.72. The summed E-state index contributed by atoms with van der Waals surface area (Å²) in [5, 5.41) is 10.9. The van der Waals surface area contributed by atoms with Crippen molar-refractivity contribution in [3.05, 3.63) is 94.6 Å². The smallest absolute Gasteiger partial charge is 0.231 e. The maximum atomic E-state index is 5.42. The lowest BCUT2D eigenvalue weighted by molar-refractivity contribution is 0.174. The Morgan fingerprint density at radius 1 is 0.867 bits per heavy atom. The number of aromatic nitrogens is 1. The number of rotatable bonds is 4. The second-order valence-corrected chi connectivity index (χ2v) is 7.23. The molecule has 0 amide bonds. The van der Waals surface area contributed by atoms with Gasteiger partial charge in [-0.25, -0.2) is 0 Å². The van der Waals surface area contributed by atoms with E-state index in [0.29, 0.717) is 0 Å². The van der Waals surface area contributed by atoms with Crippen molar-refractivity contribution in [3.63, 3.8) is 0 Å². The molecule has 3 aromatic carbocycles. The fourth-order valence-corrected chi connectivity index (χ4v) is 4.02. The van der Waals surface area contributed by atoms with Crippen LogP contribution in [0.1, 0.15) is 5.56 Å². The van der Waals surface area contributed by atoms with Crippen LogP contribution in [-0.2, 0) is 0 Å². The number of thiazole rings is 1. The third-order valence-electron chi connectivity index (χ3n) is 4.54. The highest BCUT2D eigenvalue weighted by Gasteiger charge is 2.12. The highest BCUT2D eigenvalue weighted by Crippen LogP contribution is 2.32. The van der Waals surface area contributed by atoms with Gasteiger partial charge in [-0.1, -0.05) is 48.5 Å². The predicted molar refractivity (Wildman–Crippen MR) is 125 cm³/mol. The molecule has 0 fully saturated rings. The largest absolute Gasteiger partial charge is 0.454 e. The Bertz CT molecular complexity index is 1230. The number of ether oxygens (including phenoxy) is 2. The zero-order chi connectivity index (χ0) is 19.5. The summed E-state index contributed by atoms with van der Waals surface area (Å²) >= 11 is 1.56. The van der Waals surface area contributed by atoms with Gasteiger partial charge in [0.25, 0.3) is 0 Å². The van der Waals surface area contributed by atoms with Gasteiger partial charge in [0.1, 0.15) is 0 Å². The third kappa shape index (κ3) is 4.08. The molecule has 5 nitrogen and oxygen atoms in total. The van der Waals surface area contributed by atoms with E-state index < -0.39 is 0 Å². The Hall–Kier alpha value is -3.16. The minimum atomic E-state index is 0. The predicted octanol–water partition coefficient (Wildman–Crippen LogP) is 5.45. The minimum Gasteiger partial charge on any atom is -0.454 e. The van der Waals surface area contributed by atoms with E-state index in [1.54, 1.807) is 17.6 Å². The molecule has 1 aliphatic rings. The van der Waals surface area contributed by atoms with E-state index in [4.69, 9.17) is 9.47 Å². The van der Waals surface area contributed by atoms with Gasteiger partial charge in [-0.15, -0.1) is 33.4 Å². The van der Waals surface area contributed by atoms with Gasteiger partial charge in [0, 0.05) is 11.1 Å². The van der Waals surface area contributed by atoms with Gasteiger partial charge in [0.2, 0.25) is 11.6 Å². The van der Waals surface area contributed by atoms with Gasteiger partial charge in [0.05, 0.1) is 11.9 Å². The van der Waals surface area contributed by atoms with Crippen molar-refractivity contribution in [3.8, 4) is 28.4 Å². The molecular formula is C23H18BrN3O2S. The summed E-state index contributed by atoms with van der Waals surface area (Å²) in [4.78, 5) is 0.798. The second kappa shape index (κ2) is 9.11. The van der Waals surface area contributed by atoms with E-state index in [-0.39, 0.29) is 23.8 Å². The SMILES string of the molecule is Br.C(=NN=c1scc(-c2ccccc2)n1-c1ccccc1)c1ccc2c(c1)OCO2. The molecule has 1 aliphatic heterocycles. The summed E-state index contributed by atoms with van der Waals surface area (Å²) in [5.74, 6) is 1.49. The molecule has 0 atom stereocenters. The van der Waals surface area contributed by atoms with E-state index in [9.17, 15) is 0 Å². The number of nitrogens with zero attached hydrogens (tertiary/aromatic N) is 3. The standard InChI is InChI=1S/C23H17N3O2S.BrH/c1-3-7-18(8-4-1)20-15-29-23(26(20)19-9-5-2-6-10-19)25-24-14-17-11-12-21-22(13-17)28-16-27-21;/h1-15H,16H2;1H. The second-order valence-electron chi connectivity index (χ2n) is 6.40. The van der Waals surface area contributed by atoms with Gasteiger partial charge in [-0.3, -0.25) is 4.57 Å². The Morgan fingerprint density at radius 3 is 2.40 bits per heavy atom. The number of benzene rings is 3. The van der Waals surface area contributed by atoms with E-state index in [0.717, 1.165) is 38.8 Å². The molecule has 0 saturated heterocycles. The molecule has 0 unspecified atom stereocenters. The maximum absolute atomic E-state index is 5.42. The summed E-state index contributed by atoms with van der Waals surface area (Å²) in [6.45, 7) is 0.259. The topological polar surface area (TPSA) is 48.1 Å². The van der Waals surface area contributed by atoms with E-state index in [1.807, 2.05) is 54.6 Å². The van der Waals surface area contributed by atoms with Crippen LogP contribution >= 0.6 is 28.3 Å². The van der Waals surface area contributed by atoms with Gasteiger partial charge >= 0.3 is 0 Å².